The van der Waals surface area contributed by atoms with Gasteiger partial charge in [-0.2, -0.15) is 0 Å². The molecule has 3 nitrogen and oxygen atoms in total. The van der Waals surface area contributed by atoms with E-state index < -0.39 is 0 Å². The fraction of sp³-hybridized carbons (Fsp3) is 0.375. The van der Waals surface area contributed by atoms with E-state index in [9.17, 15) is 0 Å². The van der Waals surface area contributed by atoms with Gasteiger partial charge in [0.05, 0.1) is 13.2 Å². The third kappa shape index (κ3) is 3.20. The molecule has 1 aliphatic heterocycles. The number of allylic oxidation sites excluding steroid dienone is 2. The highest BCUT2D eigenvalue weighted by Gasteiger charge is 2.04. The van der Waals surface area contributed by atoms with Crippen LogP contribution in [-0.4, -0.2) is 20.3 Å². The van der Waals surface area contributed by atoms with Crippen LogP contribution in [0.5, 0.6) is 0 Å². The molecule has 1 N–H and O–H groups in total. The van der Waals surface area contributed by atoms with Crippen LogP contribution in [0.25, 0.3) is 0 Å². The topological polar surface area (TPSA) is 30.5 Å². The summed E-state index contributed by atoms with van der Waals surface area (Å²) in [7, 11) is 1.65. The Labute approximate surface area is 66.7 Å². The van der Waals surface area contributed by atoms with E-state index >= 15 is 0 Å². The fourth-order valence-corrected chi connectivity index (χ4v) is 0.702. The number of dihydropyridines is 1. The molecule has 11 heavy (non-hydrogen) atoms. The van der Waals surface area contributed by atoms with Crippen LogP contribution in [0.3, 0.4) is 0 Å². The number of nitrogens with one attached hydrogen (secondary N) is 1. The van der Waals surface area contributed by atoms with Gasteiger partial charge in [-0.05, 0) is 18.4 Å². The zero-order valence-electron chi connectivity index (χ0n) is 6.54. The minimum absolute atomic E-state index is 0.580. The Bertz CT molecular complexity index is 154. The Balaban J connectivity index is 2.07. The van der Waals surface area contributed by atoms with Crippen LogP contribution in [0, 0.1) is 6.23 Å². The largest absolute Gasteiger partial charge is 0.382 e. The van der Waals surface area contributed by atoms with E-state index in [2.05, 4.69) is 5.32 Å². The summed E-state index contributed by atoms with van der Waals surface area (Å²) < 4.78 is 10.1. The standard InChI is InChI=1S/C8H12NO2/c1-10-6-7-11-8-4-2-3-5-9-8/h2-5,9H,6-7H2,1H3. The maximum atomic E-state index is 5.27. The van der Waals surface area contributed by atoms with Crippen molar-refractivity contribution < 1.29 is 9.47 Å². The van der Waals surface area contributed by atoms with Crippen LogP contribution in [0.4, 0.5) is 0 Å². The molecule has 0 saturated carbocycles. The molecule has 0 aromatic carbocycles. The lowest BCUT2D eigenvalue weighted by atomic mass is 10.4. The molecule has 0 bridgehead atoms. The van der Waals surface area contributed by atoms with Gasteiger partial charge in [-0.25, -0.2) is 0 Å². The zero-order chi connectivity index (χ0) is 7.94. The molecule has 0 amide bonds. The fourth-order valence-electron chi connectivity index (χ4n) is 0.702. The molecule has 0 spiro atoms. The summed E-state index contributed by atoms with van der Waals surface area (Å²) in [6.07, 6.45) is 8.28. The Morgan fingerprint density at radius 2 is 2.27 bits per heavy atom. The van der Waals surface area contributed by atoms with Gasteiger partial charge in [-0.1, -0.05) is 6.08 Å². The van der Waals surface area contributed by atoms with Crippen molar-refractivity contribution in [2.45, 2.75) is 0 Å². The zero-order valence-corrected chi connectivity index (χ0v) is 6.54. The van der Waals surface area contributed by atoms with E-state index in [0.29, 0.717) is 13.2 Å². The van der Waals surface area contributed by atoms with Crippen LogP contribution in [0.2, 0.25) is 0 Å². The highest BCUT2D eigenvalue weighted by atomic mass is 16.5. The van der Waals surface area contributed by atoms with Crippen LogP contribution >= 0.6 is 0 Å². The summed E-state index contributed by atoms with van der Waals surface area (Å²) in [6, 6.07) is 0. The molecule has 1 rings (SSSR count). The number of hydrogen-bond donors (Lipinski definition) is 1. The minimum Gasteiger partial charge on any atom is -0.382 e. The summed E-state index contributed by atoms with van der Waals surface area (Å²) in [5.74, 6) is 0. The molecule has 0 aliphatic carbocycles. The number of hydrogen-bond acceptors (Lipinski definition) is 3. The predicted octanol–water partition coefficient (Wildman–Crippen LogP) is 0.812. The normalized spacial score (nSPS) is 16.8. The van der Waals surface area contributed by atoms with Crippen LogP contribution in [0.1, 0.15) is 0 Å². The Hall–Kier alpha value is -0.800. The molecule has 1 heterocycles. The first-order chi connectivity index (χ1) is 5.43. The van der Waals surface area contributed by atoms with Gasteiger partial charge in [0, 0.05) is 7.11 Å². The van der Waals surface area contributed by atoms with Gasteiger partial charge in [0.1, 0.15) is 0 Å². The smallest absolute Gasteiger partial charge is 0.210 e. The second kappa shape index (κ2) is 4.93. The second-order valence-corrected chi connectivity index (χ2v) is 2.07. The number of methoxy groups -OCH3 is 1. The van der Waals surface area contributed by atoms with Crippen molar-refractivity contribution in [1.82, 2.24) is 5.32 Å². The summed E-state index contributed by atoms with van der Waals surface area (Å²) in [5.41, 5.74) is 0. The summed E-state index contributed by atoms with van der Waals surface area (Å²) in [5, 5.41) is 2.95. The van der Waals surface area contributed by atoms with Crippen molar-refractivity contribution >= 4 is 0 Å². The van der Waals surface area contributed by atoms with Gasteiger partial charge < -0.3 is 14.8 Å². The number of rotatable bonds is 4. The Morgan fingerprint density at radius 1 is 1.36 bits per heavy atom. The van der Waals surface area contributed by atoms with Crippen LogP contribution in [0.15, 0.2) is 24.4 Å². The van der Waals surface area contributed by atoms with E-state index in [1.807, 2.05) is 24.4 Å². The van der Waals surface area contributed by atoms with Gasteiger partial charge in [0.15, 0.2) is 0 Å². The van der Waals surface area contributed by atoms with E-state index in [4.69, 9.17) is 9.47 Å². The molecule has 1 aliphatic rings. The average Bonchev–Trinajstić information content (AvgIpc) is 2.07. The SMILES string of the molecule is COCCO[C]1C=CC=CN1. The van der Waals surface area contributed by atoms with Crippen molar-refractivity contribution in [3.05, 3.63) is 30.7 Å². The van der Waals surface area contributed by atoms with Crippen molar-refractivity contribution in [2.75, 3.05) is 20.3 Å². The third-order valence-corrected chi connectivity index (χ3v) is 1.23. The van der Waals surface area contributed by atoms with Crippen molar-refractivity contribution in [3.63, 3.8) is 0 Å². The van der Waals surface area contributed by atoms with E-state index in [1.54, 1.807) is 7.11 Å². The first-order valence-electron chi connectivity index (χ1n) is 3.52. The molecule has 0 saturated heterocycles. The number of ether oxygens (including phenoxy) is 2. The summed E-state index contributed by atoms with van der Waals surface area (Å²) in [6.45, 7) is 1.19. The maximum Gasteiger partial charge on any atom is 0.210 e. The molecule has 0 atom stereocenters. The first-order valence-corrected chi connectivity index (χ1v) is 3.52. The average molecular weight is 154 g/mol. The summed E-state index contributed by atoms with van der Waals surface area (Å²) >= 11 is 0. The van der Waals surface area contributed by atoms with Gasteiger partial charge in [0.2, 0.25) is 6.23 Å². The van der Waals surface area contributed by atoms with Crippen LogP contribution in [-0.2, 0) is 9.47 Å². The minimum atomic E-state index is 0.580. The van der Waals surface area contributed by atoms with Gasteiger partial charge in [0.25, 0.3) is 0 Å². The molecule has 0 fully saturated rings. The molecule has 0 aromatic heterocycles. The maximum absolute atomic E-state index is 5.27. The van der Waals surface area contributed by atoms with Crippen molar-refractivity contribution in [3.8, 4) is 0 Å². The molecule has 0 unspecified atom stereocenters. The van der Waals surface area contributed by atoms with Crippen molar-refractivity contribution in [2.24, 2.45) is 0 Å². The monoisotopic (exact) mass is 154 g/mol. The van der Waals surface area contributed by atoms with Gasteiger partial charge in [-0.15, -0.1) is 0 Å². The molecule has 0 aromatic rings. The van der Waals surface area contributed by atoms with E-state index in [0.717, 1.165) is 6.23 Å². The molecule has 61 valence electrons. The van der Waals surface area contributed by atoms with Gasteiger partial charge in [-0.3, -0.25) is 0 Å². The third-order valence-electron chi connectivity index (χ3n) is 1.23. The quantitative estimate of drug-likeness (QED) is 0.608. The Morgan fingerprint density at radius 3 is 2.91 bits per heavy atom. The second-order valence-electron chi connectivity index (χ2n) is 2.07. The molecule has 3 heteroatoms. The Kier molecular flexibility index (Phi) is 3.72. The van der Waals surface area contributed by atoms with Crippen LogP contribution < -0.4 is 5.32 Å². The first kappa shape index (κ1) is 8.30. The van der Waals surface area contributed by atoms with Gasteiger partial charge >= 0.3 is 0 Å². The highest BCUT2D eigenvalue weighted by molar-refractivity contribution is 5.17. The predicted molar refractivity (Wildman–Crippen MR) is 42.5 cm³/mol. The summed E-state index contributed by atoms with van der Waals surface area (Å²) in [4.78, 5) is 0. The molecular weight excluding hydrogens is 142 g/mol. The van der Waals surface area contributed by atoms with Crippen molar-refractivity contribution in [1.29, 1.82) is 0 Å². The molecular formula is C8H12NO2. The lowest BCUT2D eigenvalue weighted by Crippen LogP contribution is -2.19. The lowest BCUT2D eigenvalue weighted by Gasteiger charge is -2.13. The molecule has 1 radical (unpaired) electrons. The van der Waals surface area contributed by atoms with E-state index in [1.165, 1.54) is 0 Å². The van der Waals surface area contributed by atoms with E-state index in [-0.39, 0.29) is 0 Å². The highest BCUT2D eigenvalue weighted by Crippen LogP contribution is 2.03. The lowest BCUT2D eigenvalue weighted by molar-refractivity contribution is 0.0802.